The van der Waals surface area contributed by atoms with Crippen molar-refractivity contribution in [1.82, 2.24) is 0 Å². The van der Waals surface area contributed by atoms with E-state index in [0.29, 0.717) is 23.3 Å². The molecule has 0 heterocycles. The quantitative estimate of drug-likeness (QED) is 0.706. The van der Waals surface area contributed by atoms with Crippen LogP contribution < -0.4 is 0 Å². The van der Waals surface area contributed by atoms with Crippen molar-refractivity contribution in [2.24, 2.45) is 0 Å². The van der Waals surface area contributed by atoms with Crippen LogP contribution in [-0.2, 0) is 9.47 Å². The van der Waals surface area contributed by atoms with Crippen molar-refractivity contribution in [3.05, 3.63) is 39.4 Å². The van der Waals surface area contributed by atoms with Crippen LogP contribution in [-0.4, -0.2) is 19.5 Å². The predicted octanol–water partition coefficient (Wildman–Crippen LogP) is 4.71. The normalized spacial score (nSPS) is 11.7. The molecule has 0 radical (unpaired) electrons. The van der Waals surface area contributed by atoms with Gasteiger partial charge in [0.1, 0.15) is 0 Å². The molecule has 0 fully saturated rings. The molecule has 2 nitrogen and oxygen atoms in total. The Morgan fingerprint density at radius 3 is 2.28 bits per heavy atom. The molecule has 0 N–H and O–H groups in total. The Morgan fingerprint density at radius 1 is 1.17 bits per heavy atom. The number of aryl methyl sites for hydroxylation is 1. The lowest BCUT2D eigenvalue weighted by Crippen LogP contribution is -2.13. The van der Waals surface area contributed by atoms with E-state index in [2.05, 4.69) is 0 Å². The van der Waals surface area contributed by atoms with E-state index in [9.17, 15) is 0 Å². The Balaban J connectivity index is 2.82. The van der Waals surface area contributed by atoms with Gasteiger partial charge in [0.05, 0.1) is 10.0 Å². The van der Waals surface area contributed by atoms with Gasteiger partial charge in [0.2, 0.25) is 0 Å². The molecule has 0 aliphatic heterocycles. The van der Waals surface area contributed by atoms with Gasteiger partial charge in [-0.15, -0.1) is 0 Å². The fourth-order valence-corrected chi connectivity index (χ4v) is 1.91. The summed E-state index contributed by atoms with van der Waals surface area (Å²) in [6.45, 7) is 7.01. The summed E-state index contributed by atoms with van der Waals surface area (Å²) in [7, 11) is 0. The fourth-order valence-electron chi connectivity index (χ4n) is 1.53. The van der Waals surface area contributed by atoms with Gasteiger partial charge in [-0.3, -0.25) is 0 Å². The van der Waals surface area contributed by atoms with Crippen LogP contribution in [0.5, 0.6) is 0 Å². The number of ether oxygens (including phenoxy) is 2. The molecule has 0 amide bonds. The summed E-state index contributed by atoms with van der Waals surface area (Å²) in [6.07, 6.45) is 3.46. The monoisotopic (exact) mass is 288 g/mol. The molecule has 18 heavy (non-hydrogen) atoms. The van der Waals surface area contributed by atoms with E-state index in [1.165, 1.54) is 0 Å². The first-order valence-electron chi connectivity index (χ1n) is 5.95. The van der Waals surface area contributed by atoms with Crippen molar-refractivity contribution in [3.63, 3.8) is 0 Å². The molecule has 0 aliphatic carbocycles. The minimum atomic E-state index is -0.324. The van der Waals surface area contributed by atoms with E-state index < -0.39 is 0 Å². The van der Waals surface area contributed by atoms with Gasteiger partial charge in [-0.25, -0.2) is 0 Å². The second-order valence-electron chi connectivity index (χ2n) is 3.77. The maximum Gasteiger partial charge on any atom is 0.177 e. The highest BCUT2D eigenvalue weighted by Gasteiger charge is 2.05. The van der Waals surface area contributed by atoms with E-state index in [1.54, 1.807) is 0 Å². The van der Waals surface area contributed by atoms with Gasteiger partial charge in [-0.05, 0) is 44.0 Å². The summed E-state index contributed by atoms with van der Waals surface area (Å²) in [6, 6.07) is 3.79. The Hall–Kier alpha value is -0.540. The molecule has 0 aliphatic rings. The van der Waals surface area contributed by atoms with Crippen molar-refractivity contribution in [1.29, 1.82) is 0 Å². The van der Waals surface area contributed by atoms with E-state index in [-0.39, 0.29) is 6.29 Å². The minimum Gasteiger partial charge on any atom is -0.349 e. The van der Waals surface area contributed by atoms with Gasteiger partial charge in [0.25, 0.3) is 0 Å². The van der Waals surface area contributed by atoms with Gasteiger partial charge >= 0.3 is 0 Å². The van der Waals surface area contributed by atoms with Crippen LogP contribution in [0.15, 0.2) is 18.2 Å². The topological polar surface area (TPSA) is 18.5 Å². The maximum absolute atomic E-state index is 6.03. The van der Waals surface area contributed by atoms with Crippen LogP contribution in [0.1, 0.15) is 25.0 Å². The van der Waals surface area contributed by atoms with Gasteiger partial charge in [0.15, 0.2) is 6.29 Å². The van der Waals surface area contributed by atoms with Gasteiger partial charge in [-0.2, -0.15) is 0 Å². The van der Waals surface area contributed by atoms with Crippen LogP contribution in [0.3, 0.4) is 0 Å². The SMILES string of the molecule is CCOC(/C=C/c1cc(C)c(Cl)c(Cl)c1)OCC. The maximum atomic E-state index is 6.03. The van der Waals surface area contributed by atoms with Crippen LogP contribution >= 0.6 is 23.2 Å². The number of hydrogen-bond acceptors (Lipinski definition) is 2. The lowest BCUT2D eigenvalue weighted by atomic mass is 10.1. The van der Waals surface area contributed by atoms with Crippen molar-refractivity contribution >= 4 is 29.3 Å². The Morgan fingerprint density at radius 2 is 1.78 bits per heavy atom. The highest BCUT2D eigenvalue weighted by molar-refractivity contribution is 6.42. The summed E-state index contributed by atoms with van der Waals surface area (Å²) in [5.74, 6) is 0. The number of hydrogen-bond donors (Lipinski definition) is 0. The molecule has 0 saturated heterocycles. The Labute approximate surface area is 118 Å². The van der Waals surface area contributed by atoms with Crippen LogP contribution in [0.4, 0.5) is 0 Å². The zero-order chi connectivity index (χ0) is 13.5. The summed E-state index contributed by atoms with van der Waals surface area (Å²) in [4.78, 5) is 0. The number of benzene rings is 1. The fraction of sp³-hybridized carbons (Fsp3) is 0.429. The summed E-state index contributed by atoms with van der Waals surface area (Å²) >= 11 is 12.0. The van der Waals surface area contributed by atoms with Gasteiger partial charge in [0, 0.05) is 13.2 Å². The number of rotatable bonds is 6. The average molecular weight is 289 g/mol. The third-order valence-corrected chi connectivity index (χ3v) is 3.24. The molecule has 1 aromatic carbocycles. The van der Waals surface area contributed by atoms with E-state index >= 15 is 0 Å². The van der Waals surface area contributed by atoms with E-state index in [1.807, 2.05) is 45.1 Å². The van der Waals surface area contributed by atoms with Crippen molar-refractivity contribution < 1.29 is 9.47 Å². The molecule has 0 atom stereocenters. The molecule has 0 spiro atoms. The molecule has 100 valence electrons. The largest absolute Gasteiger partial charge is 0.349 e. The number of halogens is 2. The predicted molar refractivity (Wildman–Crippen MR) is 77.3 cm³/mol. The lowest BCUT2D eigenvalue weighted by molar-refractivity contribution is -0.103. The summed E-state index contributed by atoms with van der Waals surface area (Å²) < 4.78 is 10.8. The molecule has 0 unspecified atom stereocenters. The molecule has 0 bridgehead atoms. The molecule has 0 aromatic heterocycles. The molecular weight excluding hydrogens is 271 g/mol. The second-order valence-corrected chi connectivity index (χ2v) is 4.56. The molecule has 1 aromatic rings. The van der Waals surface area contributed by atoms with Crippen molar-refractivity contribution in [2.75, 3.05) is 13.2 Å². The molecular formula is C14H18Cl2O2. The van der Waals surface area contributed by atoms with Crippen LogP contribution in [0.2, 0.25) is 10.0 Å². The smallest absolute Gasteiger partial charge is 0.177 e. The van der Waals surface area contributed by atoms with Crippen molar-refractivity contribution in [3.8, 4) is 0 Å². The van der Waals surface area contributed by atoms with E-state index in [0.717, 1.165) is 11.1 Å². The zero-order valence-corrected chi connectivity index (χ0v) is 12.4. The lowest BCUT2D eigenvalue weighted by Gasteiger charge is -2.12. The molecule has 1 rings (SSSR count). The van der Waals surface area contributed by atoms with E-state index in [4.69, 9.17) is 32.7 Å². The summed E-state index contributed by atoms with van der Waals surface area (Å²) in [5, 5.41) is 1.15. The molecule has 4 heteroatoms. The first-order valence-corrected chi connectivity index (χ1v) is 6.71. The van der Waals surface area contributed by atoms with Crippen molar-refractivity contribution in [2.45, 2.75) is 27.1 Å². The van der Waals surface area contributed by atoms with Gasteiger partial charge < -0.3 is 9.47 Å². The van der Waals surface area contributed by atoms with Gasteiger partial charge in [-0.1, -0.05) is 35.3 Å². The average Bonchev–Trinajstić information content (AvgIpc) is 2.33. The zero-order valence-electron chi connectivity index (χ0n) is 10.9. The third kappa shape index (κ3) is 4.62. The second kappa shape index (κ2) is 7.80. The first kappa shape index (κ1) is 15.5. The third-order valence-electron chi connectivity index (χ3n) is 2.34. The Kier molecular flexibility index (Phi) is 6.72. The summed E-state index contributed by atoms with van der Waals surface area (Å²) in [5.41, 5.74) is 1.93. The van der Waals surface area contributed by atoms with Crippen LogP contribution in [0, 0.1) is 6.92 Å². The minimum absolute atomic E-state index is 0.324. The standard InChI is InChI=1S/C14H18Cl2O2/c1-4-17-13(18-5-2)7-6-11-8-10(3)14(16)12(15)9-11/h6-9,13H,4-5H2,1-3H3/b7-6+. The first-order chi connectivity index (χ1) is 8.58. The van der Waals surface area contributed by atoms with Crippen LogP contribution in [0.25, 0.3) is 6.08 Å². The molecule has 0 saturated carbocycles. The highest BCUT2D eigenvalue weighted by atomic mass is 35.5. The highest BCUT2D eigenvalue weighted by Crippen LogP contribution is 2.27. The Bertz CT molecular complexity index is 387.